The van der Waals surface area contributed by atoms with E-state index in [0.717, 1.165) is 0 Å². The van der Waals surface area contributed by atoms with E-state index in [4.69, 9.17) is 10.8 Å². The standard InChI is InChI=1S/C14H18FN3O3/c15-11-6-2-1-5-10(11)12(13(16)19)18-7-3-4-9(8-18)17-14(20)21/h1-2,5-6,9,12,17H,3-4,7-8H2,(H2,16,19)(H,20,21). The van der Waals surface area contributed by atoms with Crippen LogP contribution in [0.4, 0.5) is 9.18 Å². The third-order valence-corrected chi connectivity index (χ3v) is 3.61. The number of carboxylic acid groups (broad SMARTS) is 1. The monoisotopic (exact) mass is 295 g/mol. The van der Waals surface area contributed by atoms with Crippen molar-refractivity contribution in [3.8, 4) is 0 Å². The molecule has 21 heavy (non-hydrogen) atoms. The molecule has 0 spiro atoms. The van der Waals surface area contributed by atoms with Crippen molar-refractivity contribution < 1.29 is 19.1 Å². The Morgan fingerprint density at radius 2 is 2.14 bits per heavy atom. The summed E-state index contributed by atoms with van der Waals surface area (Å²) in [5.41, 5.74) is 5.65. The van der Waals surface area contributed by atoms with Crippen LogP contribution in [-0.4, -0.2) is 41.1 Å². The first-order valence-corrected chi connectivity index (χ1v) is 6.76. The quantitative estimate of drug-likeness (QED) is 0.774. The van der Waals surface area contributed by atoms with E-state index in [0.29, 0.717) is 25.9 Å². The minimum atomic E-state index is -1.11. The summed E-state index contributed by atoms with van der Waals surface area (Å²) < 4.78 is 13.9. The van der Waals surface area contributed by atoms with Gasteiger partial charge in [-0.15, -0.1) is 0 Å². The number of primary amides is 1. The molecule has 0 aliphatic carbocycles. The Hall–Kier alpha value is -2.15. The number of hydrogen-bond donors (Lipinski definition) is 3. The van der Waals surface area contributed by atoms with E-state index < -0.39 is 23.9 Å². The molecular weight excluding hydrogens is 277 g/mol. The van der Waals surface area contributed by atoms with Gasteiger partial charge in [-0.2, -0.15) is 0 Å². The molecule has 2 amide bonds. The molecule has 114 valence electrons. The summed E-state index contributed by atoms with van der Waals surface area (Å²) in [7, 11) is 0. The second-order valence-electron chi connectivity index (χ2n) is 5.11. The highest BCUT2D eigenvalue weighted by molar-refractivity contribution is 5.81. The third kappa shape index (κ3) is 3.69. The number of amides is 2. The molecule has 2 rings (SSSR count). The smallest absolute Gasteiger partial charge is 0.404 e. The summed E-state index contributed by atoms with van der Waals surface area (Å²) in [5, 5.41) is 11.2. The van der Waals surface area contributed by atoms with Crippen LogP contribution >= 0.6 is 0 Å². The SMILES string of the molecule is NC(=O)C(c1ccccc1F)N1CCCC(NC(=O)O)C1. The van der Waals surface area contributed by atoms with Crippen LogP contribution in [0.15, 0.2) is 24.3 Å². The van der Waals surface area contributed by atoms with Gasteiger partial charge in [0.05, 0.1) is 0 Å². The van der Waals surface area contributed by atoms with E-state index in [2.05, 4.69) is 5.32 Å². The summed E-state index contributed by atoms with van der Waals surface area (Å²) >= 11 is 0. The average Bonchev–Trinajstić information content (AvgIpc) is 2.40. The number of benzene rings is 1. The topological polar surface area (TPSA) is 95.7 Å². The molecule has 2 atom stereocenters. The molecule has 0 aromatic heterocycles. The Morgan fingerprint density at radius 3 is 2.76 bits per heavy atom. The van der Waals surface area contributed by atoms with Gasteiger partial charge in [0.2, 0.25) is 5.91 Å². The number of carbonyl (C=O) groups excluding carboxylic acids is 1. The number of nitrogens with zero attached hydrogens (tertiary/aromatic N) is 1. The summed E-state index contributed by atoms with van der Waals surface area (Å²) in [5.74, 6) is -1.13. The van der Waals surface area contributed by atoms with Gasteiger partial charge < -0.3 is 16.2 Å². The van der Waals surface area contributed by atoms with Crippen LogP contribution in [0.3, 0.4) is 0 Å². The lowest BCUT2D eigenvalue weighted by molar-refractivity contribution is -0.124. The number of nitrogens with two attached hydrogens (primary N) is 1. The molecule has 1 aliphatic rings. The number of likely N-dealkylation sites (tertiary alicyclic amines) is 1. The molecule has 1 heterocycles. The molecule has 6 nitrogen and oxygen atoms in total. The highest BCUT2D eigenvalue weighted by atomic mass is 19.1. The Bertz CT molecular complexity index is 538. The first-order valence-electron chi connectivity index (χ1n) is 6.76. The predicted molar refractivity (Wildman–Crippen MR) is 74.1 cm³/mol. The van der Waals surface area contributed by atoms with Crippen molar-refractivity contribution in [2.45, 2.75) is 24.9 Å². The Morgan fingerprint density at radius 1 is 1.43 bits per heavy atom. The fourth-order valence-electron chi connectivity index (χ4n) is 2.76. The van der Waals surface area contributed by atoms with E-state index in [1.807, 2.05) is 0 Å². The number of nitrogens with one attached hydrogen (secondary N) is 1. The summed E-state index contributed by atoms with van der Waals surface area (Å²) in [6.45, 7) is 0.897. The van der Waals surface area contributed by atoms with Gasteiger partial charge in [0.25, 0.3) is 0 Å². The minimum absolute atomic E-state index is 0.223. The lowest BCUT2D eigenvalue weighted by Gasteiger charge is -2.37. The first-order chi connectivity index (χ1) is 9.99. The molecule has 1 aliphatic heterocycles. The molecule has 1 saturated heterocycles. The fraction of sp³-hybridized carbons (Fsp3) is 0.429. The average molecular weight is 295 g/mol. The van der Waals surface area contributed by atoms with Gasteiger partial charge >= 0.3 is 6.09 Å². The molecule has 0 bridgehead atoms. The van der Waals surface area contributed by atoms with Crippen molar-refractivity contribution in [1.82, 2.24) is 10.2 Å². The van der Waals surface area contributed by atoms with Gasteiger partial charge in [-0.05, 0) is 25.5 Å². The van der Waals surface area contributed by atoms with Crippen molar-refractivity contribution >= 4 is 12.0 Å². The molecule has 7 heteroatoms. The first kappa shape index (κ1) is 15.2. The maximum atomic E-state index is 13.9. The van der Waals surface area contributed by atoms with Crippen LogP contribution in [0.5, 0.6) is 0 Å². The zero-order chi connectivity index (χ0) is 15.4. The minimum Gasteiger partial charge on any atom is -0.465 e. The van der Waals surface area contributed by atoms with Crippen molar-refractivity contribution in [3.63, 3.8) is 0 Å². The van der Waals surface area contributed by atoms with Crippen LogP contribution in [-0.2, 0) is 4.79 Å². The van der Waals surface area contributed by atoms with E-state index in [9.17, 15) is 14.0 Å². The van der Waals surface area contributed by atoms with Crippen LogP contribution in [0, 0.1) is 5.82 Å². The Kier molecular flexibility index (Phi) is 4.74. The second-order valence-corrected chi connectivity index (χ2v) is 5.11. The number of halogens is 1. The number of piperidine rings is 1. The lowest BCUT2D eigenvalue weighted by atomic mass is 9.98. The van der Waals surface area contributed by atoms with E-state index in [-0.39, 0.29) is 11.6 Å². The van der Waals surface area contributed by atoms with Crippen molar-refractivity contribution in [2.75, 3.05) is 13.1 Å². The van der Waals surface area contributed by atoms with Crippen LogP contribution in [0.2, 0.25) is 0 Å². The molecule has 1 aromatic carbocycles. The van der Waals surface area contributed by atoms with Crippen molar-refractivity contribution in [1.29, 1.82) is 0 Å². The second kappa shape index (κ2) is 6.53. The molecule has 0 radical (unpaired) electrons. The highest BCUT2D eigenvalue weighted by Crippen LogP contribution is 2.26. The highest BCUT2D eigenvalue weighted by Gasteiger charge is 2.32. The van der Waals surface area contributed by atoms with Gasteiger partial charge in [-0.1, -0.05) is 18.2 Å². The van der Waals surface area contributed by atoms with E-state index >= 15 is 0 Å². The fourth-order valence-corrected chi connectivity index (χ4v) is 2.76. The lowest BCUT2D eigenvalue weighted by Crippen LogP contribution is -2.50. The molecule has 0 saturated carbocycles. The van der Waals surface area contributed by atoms with Gasteiger partial charge in [0.1, 0.15) is 11.9 Å². The molecule has 2 unspecified atom stereocenters. The zero-order valence-corrected chi connectivity index (χ0v) is 11.5. The summed E-state index contributed by atoms with van der Waals surface area (Å²) in [4.78, 5) is 24.2. The van der Waals surface area contributed by atoms with Crippen LogP contribution < -0.4 is 11.1 Å². The predicted octanol–water partition coefficient (Wildman–Crippen LogP) is 1.08. The van der Waals surface area contributed by atoms with Crippen molar-refractivity contribution in [2.24, 2.45) is 5.73 Å². The summed E-state index contributed by atoms with van der Waals surface area (Å²) in [6, 6.07) is 4.82. The zero-order valence-electron chi connectivity index (χ0n) is 11.5. The molecular formula is C14H18FN3O3. The van der Waals surface area contributed by atoms with E-state index in [1.165, 1.54) is 12.1 Å². The van der Waals surface area contributed by atoms with Gasteiger partial charge in [0, 0.05) is 18.2 Å². The van der Waals surface area contributed by atoms with E-state index in [1.54, 1.807) is 17.0 Å². The molecule has 1 fully saturated rings. The third-order valence-electron chi connectivity index (χ3n) is 3.61. The number of hydrogen-bond acceptors (Lipinski definition) is 3. The molecule has 4 N–H and O–H groups in total. The maximum absolute atomic E-state index is 13.9. The van der Waals surface area contributed by atoms with Crippen LogP contribution in [0.1, 0.15) is 24.4 Å². The van der Waals surface area contributed by atoms with Crippen molar-refractivity contribution in [3.05, 3.63) is 35.6 Å². The molecule has 1 aromatic rings. The largest absolute Gasteiger partial charge is 0.465 e. The van der Waals surface area contributed by atoms with Gasteiger partial charge in [-0.25, -0.2) is 9.18 Å². The van der Waals surface area contributed by atoms with Gasteiger partial charge in [-0.3, -0.25) is 9.69 Å². The Balaban J connectivity index is 2.20. The summed E-state index contributed by atoms with van der Waals surface area (Å²) in [6.07, 6.45) is 0.290. The number of carbonyl (C=O) groups is 2. The Labute approximate surface area is 121 Å². The van der Waals surface area contributed by atoms with Crippen LogP contribution in [0.25, 0.3) is 0 Å². The van der Waals surface area contributed by atoms with Gasteiger partial charge in [0.15, 0.2) is 0 Å². The normalized spacial score (nSPS) is 20.7. The number of rotatable bonds is 4. The maximum Gasteiger partial charge on any atom is 0.404 e.